The van der Waals surface area contributed by atoms with Crippen LogP contribution in [0.3, 0.4) is 0 Å². The third kappa shape index (κ3) is 7.28. The standard InChI is InChI=1S/C50H43N3/c1-37-18-15-16-33-52(46-28-17-23-43(35-46)50(39-20-8-4-9-21-39)51-44-24-11-5-12-25-44)49-36-41(29-31-47(37)49)40-30-32-48-42(34-40)22-10-3-7-19-38(2)53(48)45-26-13-6-14-27-45/h3-14,16-17,19-36,50-51H,1,15,18H2,2H3/b7-3?,22-10?,33-16-,38-19?. The third-order valence-corrected chi connectivity index (χ3v) is 10.0. The summed E-state index contributed by atoms with van der Waals surface area (Å²) in [5, 5.41) is 4.96. The second-order valence-electron chi connectivity index (χ2n) is 13.6. The minimum Gasteiger partial charge on any atom is -0.374 e. The number of aryl methyl sites for hydroxylation is 1. The first kappa shape index (κ1) is 33.6. The van der Waals surface area contributed by atoms with Gasteiger partial charge in [0.2, 0.25) is 0 Å². The first-order valence-electron chi connectivity index (χ1n) is 18.4. The van der Waals surface area contributed by atoms with Gasteiger partial charge in [-0.05, 0) is 114 Å². The summed E-state index contributed by atoms with van der Waals surface area (Å²) in [6, 6.07) is 65.0. The Morgan fingerprint density at radius 3 is 2.02 bits per heavy atom. The zero-order chi connectivity index (χ0) is 36.0. The van der Waals surface area contributed by atoms with E-state index in [1.54, 1.807) is 0 Å². The summed E-state index contributed by atoms with van der Waals surface area (Å²) >= 11 is 0. The average molecular weight is 686 g/mol. The topological polar surface area (TPSA) is 20.2 Å². The molecule has 1 atom stereocenters. The highest BCUT2D eigenvalue weighted by Gasteiger charge is 2.20. The van der Waals surface area contributed by atoms with E-state index in [4.69, 9.17) is 0 Å². The molecule has 1 unspecified atom stereocenters. The van der Waals surface area contributed by atoms with Gasteiger partial charge in [-0.3, -0.25) is 0 Å². The van der Waals surface area contributed by atoms with Crippen LogP contribution in [0.25, 0.3) is 33.3 Å². The van der Waals surface area contributed by atoms with Crippen molar-refractivity contribution in [1.29, 1.82) is 0 Å². The minimum atomic E-state index is -0.0251. The molecule has 2 heterocycles. The van der Waals surface area contributed by atoms with Gasteiger partial charge in [0.1, 0.15) is 0 Å². The summed E-state index contributed by atoms with van der Waals surface area (Å²) < 4.78 is 2.33. The molecule has 53 heavy (non-hydrogen) atoms. The van der Waals surface area contributed by atoms with Crippen molar-refractivity contribution in [2.45, 2.75) is 25.8 Å². The highest BCUT2D eigenvalue weighted by Crippen LogP contribution is 2.40. The fourth-order valence-electron chi connectivity index (χ4n) is 7.32. The number of hydrogen-bond acceptors (Lipinski definition) is 2. The molecule has 3 heteroatoms. The molecule has 1 aliphatic heterocycles. The molecular weight excluding hydrogens is 643 g/mol. The van der Waals surface area contributed by atoms with Crippen molar-refractivity contribution in [3.63, 3.8) is 0 Å². The van der Waals surface area contributed by atoms with E-state index in [0.29, 0.717) is 0 Å². The molecule has 0 aliphatic carbocycles. The predicted octanol–water partition coefficient (Wildman–Crippen LogP) is 13.4. The van der Waals surface area contributed by atoms with Gasteiger partial charge in [0.05, 0.1) is 17.2 Å². The van der Waals surface area contributed by atoms with E-state index in [2.05, 4.69) is 223 Å². The highest BCUT2D eigenvalue weighted by molar-refractivity contribution is 5.89. The number of nitrogens with zero attached hydrogens (tertiary/aromatic N) is 2. The van der Waals surface area contributed by atoms with Gasteiger partial charge in [-0.1, -0.05) is 134 Å². The van der Waals surface area contributed by atoms with E-state index in [1.807, 2.05) is 0 Å². The highest BCUT2D eigenvalue weighted by atomic mass is 15.1. The maximum atomic E-state index is 4.55. The molecule has 1 aliphatic rings. The molecule has 0 saturated heterocycles. The van der Waals surface area contributed by atoms with Gasteiger partial charge in [0.15, 0.2) is 0 Å². The summed E-state index contributed by atoms with van der Waals surface area (Å²) in [6.45, 7) is 6.72. The van der Waals surface area contributed by atoms with Crippen LogP contribution in [0, 0.1) is 6.92 Å². The number of aromatic nitrogens is 1. The van der Waals surface area contributed by atoms with E-state index < -0.39 is 0 Å². The fraction of sp³-hybridized carbons (Fsp3) is 0.0800. The van der Waals surface area contributed by atoms with E-state index in [-0.39, 0.29) is 6.04 Å². The van der Waals surface area contributed by atoms with E-state index in [1.165, 1.54) is 16.7 Å². The first-order valence-corrected chi connectivity index (χ1v) is 18.4. The van der Waals surface area contributed by atoms with Crippen molar-refractivity contribution in [2.24, 2.45) is 0 Å². The van der Waals surface area contributed by atoms with Crippen LogP contribution in [-0.4, -0.2) is 4.57 Å². The van der Waals surface area contributed by atoms with Gasteiger partial charge in [0.25, 0.3) is 0 Å². The molecule has 258 valence electrons. The lowest BCUT2D eigenvalue weighted by Gasteiger charge is -2.28. The molecule has 7 aromatic rings. The van der Waals surface area contributed by atoms with Crippen molar-refractivity contribution in [3.8, 4) is 16.8 Å². The van der Waals surface area contributed by atoms with Crippen LogP contribution >= 0.6 is 0 Å². The van der Waals surface area contributed by atoms with Gasteiger partial charge >= 0.3 is 0 Å². The van der Waals surface area contributed by atoms with Crippen LogP contribution in [0.15, 0.2) is 201 Å². The van der Waals surface area contributed by atoms with Gasteiger partial charge in [-0.25, -0.2) is 0 Å². The Kier molecular flexibility index (Phi) is 9.72. The largest absolute Gasteiger partial charge is 0.374 e. The van der Waals surface area contributed by atoms with Crippen molar-refractivity contribution < 1.29 is 0 Å². The number of benzene rings is 6. The Labute approximate surface area is 313 Å². The lowest BCUT2D eigenvalue weighted by molar-refractivity contribution is 0.938. The Balaban J connectivity index is 1.24. The zero-order valence-corrected chi connectivity index (χ0v) is 30.1. The summed E-state index contributed by atoms with van der Waals surface area (Å²) in [4.78, 5) is 2.34. The molecule has 1 aromatic heterocycles. The lowest BCUT2D eigenvalue weighted by Crippen LogP contribution is -2.15. The molecule has 0 spiro atoms. The molecule has 0 radical (unpaired) electrons. The Hall–Kier alpha value is -6.58. The number of allylic oxidation sites excluding steroid dienone is 2. The van der Waals surface area contributed by atoms with Crippen LogP contribution in [-0.2, 0) is 0 Å². The van der Waals surface area contributed by atoms with Gasteiger partial charge in [-0.2, -0.15) is 0 Å². The zero-order valence-electron chi connectivity index (χ0n) is 30.1. The summed E-state index contributed by atoms with van der Waals surface area (Å²) in [5.41, 5.74) is 13.8. The number of para-hydroxylation sites is 2. The number of rotatable bonds is 7. The Morgan fingerprint density at radius 2 is 1.23 bits per heavy atom. The fourth-order valence-corrected chi connectivity index (χ4v) is 7.32. The summed E-state index contributed by atoms with van der Waals surface area (Å²) in [6.07, 6.45) is 6.37. The van der Waals surface area contributed by atoms with Crippen molar-refractivity contribution >= 4 is 33.5 Å². The molecule has 8 rings (SSSR count). The van der Waals surface area contributed by atoms with Crippen LogP contribution in [0.5, 0.6) is 0 Å². The molecule has 0 bridgehead atoms. The molecule has 0 amide bonds. The molecule has 0 fully saturated rings. The minimum absolute atomic E-state index is 0.0251. The molecule has 3 nitrogen and oxygen atoms in total. The second kappa shape index (κ2) is 15.3. The maximum absolute atomic E-state index is 4.55. The second-order valence-corrected chi connectivity index (χ2v) is 13.6. The summed E-state index contributed by atoms with van der Waals surface area (Å²) in [7, 11) is 0. The van der Waals surface area contributed by atoms with Gasteiger partial charge < -0.3 is 14.8 Å². The molecule has 6 aromatic carbocycles. The lowest BCUT2D eigenvalue weighted by atomic mass is 9.94. The Bertz CT molecular complexity index is 2460. The maximum Gasteiger partial charge on any atom is 0.0768 e. The number of anilines is 3. The van der Waals surface area contributed by atoms with E-state index in [9.17, 15) is 0 Å². The van der Waals surface area contributed by atoms with Crippen molar-refractivity contribution in [2.75, 3.05) is 10.2 Å². The average Bonchev–Trinajstić information content (AvgIpc) is 3.28. The smallest absolute Gasteiger partial charge is 0.0768 e. The summed E-state index contributed by atoms with van der Waals surface area (Å²) in [5.74, 6) is 0. The molecular formula is C50H43N3. The van der Waals surface area contributed by atoms with Crippen molar-refractivity contribution in [3.05, 3.63) is 223 Å². The van der Waals surface area contributed by atoms with Gasteiger partial charge in [0, 0.05) is 34.5 Å². The molecule has 1 N–H and O–H groups in total. The number of fused-ring (bicyclic) bond motifs is 2. The van der Waals surface area contributed by atoms with E-state index >= 15 is 0 Å². The monoisotopic (exact) mass is 685 g/mol. The molecule has 0 saturated carbocycles. The van der Waals surface area contributed by atoms with E-state index in [0.717, 1.165) is 68.9 Å². The Morgan fingerprint density at radius 1 is 0.585 bits per heavy atom. The predicted molar refractivity (Wildman–Crippen MR) is 225 cm³/mol. The van der Waals surface area contributed by atoms with Gasteiger partial charge in [-0.15, -0.1) is 0 Å². The quantitative estimate of drug-likeness (QED) is 0.180. The van der Waals surface area contributed by atoms with Crippen LogP contribution in [0.1, 0.15) is 41.3 Å². The number of hydrogen-bond donors (Lipinski definition) is 1. The van der Waals surface area contributed by atoms with Crippen molar-refractivity contribution in [1.82, 2.24) is 4.57 Å². The SMILES string of the molecule is C=C1CC/C=C\N(c2cccc(C(Nc3ccccc3)c3ccccc3)c2)c2cc(-c3ccc4c(cccccc(C)n4-c4ccccc4)c3)ccc21. The van der Waals surface area contributed by atoms with Crippen LogP contribution in [0.2, 0.25) is 0 Å². The first-order chi connectivity index (χ1) is 26.1. The van der Waals surface area contributed by atoms with Crippen LogP contribution in [0.4, 0.5) is 17.1 Å². The third-order valence-electron chi connectivity index (χ3n) is 10.0. The normalized spacial score (nSPS) is 13.7. The number of nitrogens with one attached hydrogen (secondary N) is 1. The van der Waals surface area contributed by atoms with Crippen LogP contribution < -0.4 is 10.2 Å².